The highest BCUT2D eigenvalue weighted by Gasteiger charge is 2.26. The Hall–Kier alpha value is -1.10. The van der Waals surface area contributed by atoms with E-state index in [1.165, 1.54) is 0 Å². The molecule has 2 atom stereocenters. The molecule has 0 aromatic heterocycles. The van der Waals surface area contributed by atoms with Crippen molar-refractivity contribution in [3.63, 3.8) is 0 Å². The third-order valence-electron chi connectivity index (χ3n) is 2.63. The molecule has 16 heavy (non-hydrogen) atoms. The van der Waals surface area contributed by atoms with Crippen molar-refractivity contribution >= 4 is 5.69 Å². The number of hydrogen-bond acceptors (Lipinski definition) is 4. The van der Waals surface area contributed by atoms with Crippen LogP contribution in [0.25, 0.3) is 0 Å². The van der Waals surface area contributed by atoms with Gasteiger partial charge in [-0.05, 0) is 12.1 Å². The summed E-state index contributed by atoms with van der Waals surface area (Å²) in [5.41, 5.74) is 2.13. The SMILES string of the molecule is CN(C)c1ccc(C2OCC(CO)O2)cc1. The summed E-state index contributed by atoms with van der Waals surface area (Å²) in [5.74, 6) is 0. The number of anilines is 1. The van der Waals surface area contributed by atoms with Crippen LogP contribution in [0.3, 0.4) is 0 Å². The lowest BCUT2D eigenvalue weighted by molar-refractivity contribution is -0.0675. The number of rotatable bonds is 3. The summed E-state index contributed by atoms with van der Waals surface area (Å²) in [6.45, 7) is 0.461. The monoisotopic (exact) mass is 223 g/mol. The molecule has 1 N–H and O–H groups in total. The zero-order valence-electron chi connectivity index (χ0n) is 9.59. The third kappa shape index (κ3) is 2.35. The van der Waals surface area contributed by atoms with E-state index in [2.05, 4.69) is 0 Å². The Morgan fingerprint density at radius 2 is 2.00 bits per heavy atom. The fourth-order valence-electron chi connectivity index (χ4n) is 1.65. The normalized spacial score (nSPS) is 24.7. The smallest absolute Gasteiger partial charge is 0.184 e. The van der Waals surface area contributed by atoms with Crippen molar-refractivity contribution in [2.75, 3.05) is 32.2 Å². The molecule has 1 aliphatic heterocycles. The molecule has 2 rings (SSSR count). The van der Waals surface area contributed by atoms with Crippen molar-refractivity contribution in [2.45, 2.75) is 12.4 Å². The van der Waals surface area contributed by atoms with Crippen LogP contribution in [-0.2, 0) is 9.47 Å². The predicted octanol–water partition coefficient (Wildman–Crippen LogP) is 1.16. The summed E-state index contributed by atoms with van der Waals surface area (Å²) < 4.78 is 11.0. The molecule has 2 unspecified atom stereocenters. The lowest BCUT2D eigenvalue weighted by atomic mass is 10.2. The first kappa shape index (κ1) is 11.4. The summed E-state index contributed by atoms with van der Waals surface area (Å²) in [6.07, 6.45) is -0.535. The molecule has 4 heteroatoms. The minimum absolute atomic E-state index is 0.00623. The molecule has 0 bridgehead atoms. The van der Waals surface area contributed by atoms with Gasteiger partial charge in [0.25, 0.3) is 0 Å². The first-order valence-electron chi connectivity index (χ1n) is 5.36. The third-order valence-corrected chi connectivity index (χ3v) is 2.63. The van der Waals surface area contributed by atoms with Crippen LogP contribution >= 0.6 is 0 Å². The molecule has 1 aromatic carbocycles. The topological polar surface area (TPSA) is 41.9 Å². The molecule has 1 aliphatic rings. The number of aliphatic hydroxyl groups excluding tert-OH is 1. The molecule has 1 saturated heterocycles. The predicted molar refractivity (Wildman–Crippen MR) is 61.4 cm³/mol. The molecular weight excluding hydrogens is 206 g/mol. The molecule has 0 radical (unpaired) electrons. The van der Waals surface area contributed by atoms with Crippen molar-refractivity contribution in [3.8, 4) is 0 Å². The molecule has 1 heterocycles. The van der Waals surface area contributed by atoms with E-state index < -0.39 is 0 Å². The lowest BCUT2D eigenvalue weighted by Crippen LogP contribution is -2.14. The van der Waals surface area contributed by atoms with Crippen LogP contribution in [0.15, 0.2) is 24.3 Å². The summed E-state index contributed by atoms with van der Waals surface area (Å²) in [6, 6.07) is 8.02. The number of hydrogen-bond donors (Lipinski definition) is 1. The lowest BCUT2D eigenvalue weighted by Gasteiger charge is -2.15. The van der Waals surface area contributed by atoms with Gasteiger partial charge in [0.1, 0.15) is 6.10 Å². The number of ether oxygens (including phenoxy) is 2. The van der Waals surface area contributed by atoms with Gasteiger partial charge < -0.3 is 19.5 Å². The van der Waals surface area contributed by atoms with Crippen molar-refractivity contribution in [2.24, 2.45) is 0 Å². The Bertz CT molecular complexity index is 337. The summed E-state index contributed by atoms with van der Waals surface area (Å²) in [5, 5.41) is 8.94. The highest BCUT2D eigenvalue weighted by molar-refractivity contribution is 5.46. The molecule has 1 fully saturated rings. The maximum Gasteiger partial charge on any atom is 0.184 e. The zero-order chi connectivity index (χ0) is 11.5. The van der Waals surface area contributed by atoms with Gasteiger partial charge in [-0.2, -0.15) is 0 Å². The summed E-state index contributed by atoms with van der Waals surface area (Å²) in [7, 11) is 4.00. The van der Waals surface area contributed by atoms with Gasteiger partial charge >= 0.3 is 0 Å². The maximum atomic E-state index is 8.94. The van der Waals surface area contributed by atoms with Crippen LogP contribution in [0.4, 0.5) is 5.69 Å². The van der Waals surface area contributed by atoms with Gasteiger partial charge in [0.05, 0.1) is 13.2 Å². The van der Waals surface area contributed by atoms with Gasteiger partial charge in [0.2, 0.25) is 0 Å². The summed E-state index contributed by atoms with van der Waals surface area (Å²) in [4.78, 5) is 2.04. The van der Waals surface area contributed by atoms with Crippen LogP contribution in [0, 0.1) is 0 Å². The molecule has 88 valence electrons. The average molecular weight is 223 g/mol. The highest BCUT2D eigenvalue weighted by Crippen LogP contribution is 2.27. The Morgan fingerprint density at radius 3 is 2.50 bits per heavy atom. The molecule has 0 aliphatic carbocycles. The average Bonchev–Trinajstić information content (AvgIpc) is 2.77. The zero-order valence-corrected chi connectivity index (χ0v) is 9.59. The standard InChI is InChI=1S/C12H17NO3/c1-13(2)10-5-3-9(4-6-10)12-15-8-11(7-14)16-12/h3-6,11-12,14H,7-8H2,1-2H3. The van der Waals surface area contributed by atoms with E-state index >= 15 is 0 Å². The van der Waals surface area contributed by atoms with E-state index in [0.29, 0.717) is 6.61 Å². The minimum atomic E-state index is -0.339. The van der Waals surface area contributed by atoms with Crippen molar-refractivity contribution in [1.82, 2.24) is 0 Å². The molecule has 0 amide bonds. The number of nitrogens with zero attached hydrogens (tertiary/aromatic N) is 1. The van der Waals surface area contributed by atoms with E-state index in [-0.39, 0.29) is 19.0 Å². The van der Waals surface area contributed by atoms with Crippen LogP contribution in [0.5, 0.6) is 0 Å². The fourth-order valence-corrected chi connectivity index (χ4v) is 1.65. The van der Waals surface area contributed by atoms with Crippen molar-refractivity contribution in [3.05, 3.63) is 29.8 Å². The van der Waals surface area contributed by atoms with E-state index in [4.69, 9.17) is 14.6 Å². The first-order chi connectivity index (χ1) is 7.70. The van der Waals surface area contributed by atoms with E-state index in [0.717, 1.165) is 11.3 Å². The quantitative estimate of drug-likeness (QED) is 0.835. The van der Waals surface area contributed by atoms with Gasteiger partial charge in [-0.3, -0.25) is 0 Å². The summed E-state index contributed by atoms with van der Waals surface area (Å²) >= 11 is 0. The van der Waals surface area contributed by atoms with E-state index in [9.17, 15) is 0 Å². The number of aliphatic hydroxyl groups is 1. The van der Waals surface area contributed by atoms with Crippen molar-refractivity contribution < 1.29 is 14.6 Å². The van der Waals surface area contributed by atoms with Gasteiger partial charge in [-0.1, -0.05) is 12.1 Å². The van der Waals surface area contributed by atoms with E-state index in [1.54, 1.807) is 0 Å². The Kier molecular flexibility index (Phi) is 3.43. The van der Waals surface area contributed by atoms with Crippen molar-refractivity contribution in [1.29, 1.82) is 0 Å². The second-order valence-corrected chi connectivity index (χ2v) is 4.09. The number of benzene rings is 1. The van der Waals surface area contributed by atoms with Crippen LogP contribution in [0.2, 0.25) is 0 Å². The van der Waals surface area contributed by atoms with Crippen LogP contribution in [-0.4, -0.2) is 38.5 Å². The molecule has 0 spiro atoms. The Morgan fingerprint density at radius 1 is 1.31 bits per heavy atom. The van der Waals surface area contributed by atoms with Crippen LogP contribution in [0.1, 0.15) is 11.9 Å². The highest BCUT2D eigenvalue weighted by atomic mass is 16.7. The van der Waals surface area contributed by atoms with Gasteiger partial charge in [0.15, 0.2) is 6.29 Å². The largest absolute Gasteiger partial charge is 0.394 e. The first-order valence-corrected chi connectivity index (χ1v) is 5.36. The van der Waals surface area contributed by atoms with Gasteiger partial charge in [0, 0.05) is 25.3 Å². The maximum absolute atomic E-state index is 8.94. The van der Waals surface area contributed by atoms with Crippen LogP contribution < -0.4 is 4.90 Å². The molecule has 4 nitrogen and oxygen atoms in total. The molecular formula is C12H17NO3. The van der Waals surface area contributed by atoms with Gasteiger partial charge in [-0.25, -0.2) is 0 Å². The van der Waals surface area contributed by atoms with Gasteiger partial charge in [-0.15, -0.1) is 0 Å². The second-order valence-electron chi connectivity index (χ2n) is 4.09. The second kappa shape index (κ2) is 4.82. The molecule has 1 aromatic rings. The minimum Gasteiger partial charge on any atom is -0.394 e. The fraction of sp³-hybridized carbons (Fsp3) is 0.500. The van der Waals surface area contributed by atoms with E-state index in [1.807, 2.05) is 43.3 Å². The Labute approximate surface area is 95.4 Å². The Balaban J connectivity index is 2.05. The molecule has 0 saturated carbocycles.